The number of amides is 3. The third-order valence-electron chi connectivity index (χ3n) is 5.84. The standard InChI is InChI=1S/C27H36N4O5/c1-5-35-23-17-22(29-27(34)20-15-25(32)31(18-20)14-10-13-30(3)4)24(36-6-2)16-21(23)28-26(33)19-11-8-7-9-12-19/h7-9,11-12,16-17,20H,5-6,10,13-15,18H2,1-4H3,(H,28,33)(H,29,34). The number of carbonyl (C=O) groups is 3. The van der Waals surface area contributed by atoms with Gasteiger partial charge in [-0.3, -0.25) is 14.4 Å². The van der Waals surface area contributed by atoms with Crippen LogP contribution in [0.4, 0.5) is 11.4 Å². The Morgan fingerprint density at radius 1 is 1.00 bits per heavy atom. The largest absolute Gasteiger partial charge is 0.492 e. The zero-order chi connectivity index (χ0) is 26.1. The van der Waals surface area contributed by atoms with Crippen LogP contribution in [0.25, 0.3) is 0 Å². The molecule has 1 saturated heterocycles. The van der Waals surface area contributed by atoms with Gasteiger partial charge in [-0.1, -0.05) is 18.2 Å². The summed E-state index contributed by atoms with van der Waals surface area (Å²) in [6, 6.07) is 12.2. The Bertz CT molecular complexity index is 1060. The van der Waals surface area contributed by atoms with Crippen molar-refractivity contribution in [1.82, 2.24) is 9.80 Å². The Labute approximate surface area is 212 Å². The molecule has 0 aliphatic carbocycles. The van der Waals surface area contributed by atoms with Crippen LogP contribution >= 0.6 is 0 Å². The molecule has 1 aliphatic heterocycles. The van der Waals surface area contributed by atoms with Crippen molar-refractivity contribution in [3.8, 4) is 11.5 Å². The fourth-order valence-electron chi connectivity index (χ4n) is 4.07. The average molecular weight is 497 g/mol. The molecule has 0 radical (unpaired) electrons. The van der Waals surface area contributed by atoms with Gasteiger partial charge in [0.25, 0.3) is 5.91 Å². The minimum absolute atomic E-state index is 0.00656. The fraction of sp³-hybridized carbons (Fsp3) is 0.444. The number of rotatable bonds is 12. The molecule has 3 rings (SSSR count). The Morgan fingerprint density at radius 3 is 2.19 bits per heavy atom. The van der Waals surface area contributed by atoms with Crippen molar-refractivity contribution in [2.24, 2.45) is 5.92 Å². The van der Waals surface area contributed by atoms with E-state index in [2.05, 4.69) is 15.5 Å². The van der Waals surface area contributed by atoms with Crippen LogP contribution in [0.5, 0.6) is 11.5 Å². The fourth-order valence-corrected chi connectivity index (χ4v) is 4.07. The average Bonchev–Trinajstić information content (AvgIpc) is 3.22. The second-order valence-corrected chi connectivity index (χ2v) is 8.92. The van der Waals surface area contributed by atoms with E-state index in [0.717, 1.165) is 13.0 Å². The lowest BCUT2D eigenvalue weighted by Gasteiger charge is -2.20. The van der Waals surface area contributed by atoms with Crippen LogP contribution in [0.3, 0.4) is 0 Å². The van der Waals surface area contributed by atoms with E-state index in [1.807, 2.05) is 34.0 Å². The lowest BCUT2D eigenvalue weighted by atomic mass is 10.1. The van der Waals surface area contributed by atoms with Crippen LogP contribution in [-0.2, 0) is 9.59 Å². The summed E-state index contributed by atoms with van der Waals surface area (Å²) in [7, 11) is 3.99. The van der Waals surface area contributed by atoms with Crippen molar-refractivity contribution in [2.75, 3.05) is 57.6 Å². The predicted molar refractivity (Wildman–Crippen MR) is 140 cm³/mol. The maximum atomic E-state index is 13.1. The lowest BCUT2D eigenvalue weighted by molar-refractivity contribution is -0.128. The van der Waals surface area contributed by atoms with E-state index < -0.39 is 5.92 Å². The van der Waals surface area contributed by atoms with Gasteiger partial charge < -0.3 is 29.9 Å². The molecular weight excluding hydrogens is 460 g/mol. The molecule has 2 aromatic carbocycles. The number of hydrogen-bond donors (Lipinski definition) is 2. The van der Waals surface area contributed by atoms with E-state index >= 15 is 0 Å². The second kappa shape index (κ2) is 12.9. The van der Waals surface area contributed by atoms with Crippen LogP contribution in [0, 0.1) is 5.92 Å². The first-order valence-corrected chi connectivity index (χ1v) is 12.4. The molecule has 3 amide bonds. The molecule has 1 aliphatic rings. The SMILES string of the molecule is CCOc1cc(NC(=O)C2CC(=O)N(CCCN(C)C)C2)c(OCC)cc1NC(=O)c1ccccc1. The highest BCUT2D eigenvalue weighted by Crippen LogP contribution is 2.37. The van der Waals surface area contributed by atoms with Gasteiger partial charge in [-0.05, 0) is 53.0 Å². The number of nitrogens with zero attached hydrogens (tertiary/aromatic N) is 2. The summed E-state index contributed by atoms with van der Waals surface area (Å²) in [5.41, 5.74) is 1.38. The summed E-state index contributed by atoms with van der Waals surface area (Å²) in [4.78, 5) is 42.1. The van der Waals surface area contributed by atoms with Gasteiger partial charge in [0, 0.05) is 37.2 Å². The smallest absolute Gasteiger partial charge is 0.255 e. The van der Waals surface area contributed by atoms with Crippen molar-refractivity contribution in [1.29, 1.82) is 0 Å². The summed E-state index contributed by atoms with van der Waals surface area (Å²) in [5.74, 6) is -0.164. The van der Waals surface area contributed by atoms with Crippen molar-refractivity contribution < 1.29 is 23.9 Å². The predicted octanol–water partition coefficient (Wildman–Crippen LogP) is 3.48. The highest BCUT2D eigenvalue weighted by molar-refractivity contribution is 6.06. The molecule has 194 valence electrons. The number of carbonyl (C=O) groups excluding carboxylic acids is 3. The number of benzene rings is 2. The van der Waals surface area contributed by atoms with Crippen molar-refractivity contribution in [2.45, 2.75) is 26.7 Å². The van der Waals surface area contributed by atoms with Gasteiger partial charge in [-0.25, -0.2) is 0 Å². The Balaban J connectivity index is 1.76. The van der Waals surface area contributed by atoms with Crippen molar-refractivity contribution >= 4 is 29.1 Å². The van der Waals surface area contributed by atoms with Gasteiger partial charge in [-0.15, -0.1) is 0 Å². The zero-order valence-corrected chi connectivity index (χ0v) is 21.5. The zero-order valence-electron chi connectivity index (χ0n) is 21.5. The molecule has 1 heterocycles. The van der Waals surface area contributed by atoms with Crippen molar-refractivity contribution in [3.05, 3.63) is 48.0 Å². The number of likely N-dealkylation sites (tertiary alicyclic amines) is 1. The maximum Gasteiger partial charge on any atom is 0.255 e. The van der Waals surface area contributed by atoms with E-state index in [0.29, 0.717) is 54.7 Å². The molecule has 1 unspecified atom stereocenters. The van der Waals surface area contributed by atoms with Crippen LogP contribution < -0.4 is 20.1 Å². The van der Waals surface area contributed by atoms with E-state index in [-0.39, 0.29) is 24.1 Å². The first kappa shape index (κ1) is 27.0. The van der Waals surface area contributed by atoms with Gasteiger partial charge in [-0.2, -0.15) is 0 Å². The van der Waals surface area contributed by atoms with Crippen LogP contribution in [-0.4, -0.2) is 74.5 Å². The molecule has 9 nitrogen and oxygen atoms in total. The van der Waals surface area contributed by atoms with Gasteiger partial charge in [0.05, 0.1) is 30.5 Å². The van der Waals surface area contributed by atoms with Crippen LogP contribution in [0.15, 0.2) is 42.5 Å². The van der Waals surface area contributed by atoms with Gasteiger partial charge in [0.15, 0.2) is 0 Å². The second-order valence-electron chi connectivity index (χ2n) is 8.92. The van der Waals surface area contributed by atoms with E-state index in [1.165, 1.54) is 0 Å². The van der Waals surface area contributed by atoms with E-state index in [9.17, 15) is 14.4 Å². The van der Waals surface area contributed by atoms with Crippen LogP contribution in [0.2, 0.25) is 0 Å². The summed E-state index contributed by atoms with van der Waals surface area (Å²) in [6.07, 6.45) is 1.04. The molecule has 2 N–H and O–H groups in total. The number of ether oxygens (including phenoxy) is 2. The highest BCUT2D eigenvalue weighted by atomic mass is 16.5. The van der Waals surface area contributed by atoms with Gasteiger partial charge >= 0.3 is 0 Å². The molecule has 0 spiro atoms. The van der Waals surface area contributed by atoms with Crippen molar-refractivity contribution in [3.63, 3.8) is 0 Å². The quantitative estimate of drug-likeness (QED) is 0.467. The Hall–Kier alpha value is -3.59. The molecule has 9 heteroatoms. The minimum atomic E-state index is -0.445. The van der Waals surface area contributed by atoms with Gasteiger partial charge in [0.2, 0.25) is 11.8 Å². The third-order valence-corrected chi connectivity index (χ3v) is 5.84. The first-order chi connectivity index (χ1) is 17.3. The summed E-state index contributed by atoms with van der Waals surface area (Å²) in [5, 5.41) is 5.79. The molecule has 0 aromatic heterocycles. The topological polar surface area (TPSA) is 100 Å². The number of anilines is 2. The highest BCUT2D eigenvalue weighted by Gasteiger charge is 2.34. The Kier molecular flexibility index (Phi) is 9.69. The Morgan fingerprint density at radius 2 is 1.61 bits per heavy atom. The number of nitrogens with one attached hydrogen (secondary N) is 2. The summed E-state index contributed by atoms with van der Waals surface area (Å²) >= 11 is 0. The van der Waals surface area contributed by atoms with E-state index in [1.54, 1.807) is 41.3 Å². The monoisotopic (exact) mass is 496 g/mol. The lowest BCUT2D eigenvalue weighted by Crippen LogP contribution is -2.30. The molecule has 36 heavy (non-hydrogen) atoms. The molecule has 1 fully saturated rings. The van der Waals surface area contributed by atoms with Gasteiger partial charge in [0.1, 0.15) is 11.5 Å². The molecule has 2 aromatic rings. The van der Waals surface area contributed by atoms with E-state index in [4.69, 9.17) is 9.47 Å². The maximum absolute atomic E-state index is 13.1. The number of hydrogen-bond acceptors (Lipinski definition) is 6. The summed E-state index contributed by atoms with van der Waals surface area (Å²) in [6.45, 7) is 6.32. The molecule has 0 saturated carbocycles. The molecule has 1 atom stereocenters. The first-order valence-electron chi connectivity index (χ1n) is 12.4. The molecule has 0 bridgehead atoms. The summed E-state index contributed by atoms with van der Waals surface area (Å²) < 4.78 is 11.5. The minimum Gasteiger partial charge on any atom is -0.492 e. The molecular formula is C27H36N4O5. The third kappa shape index (κ3) is 7.21. The van der Waals surface area contributed by atoms with Crippen LogP contribution in [0.1, 0.15) is 37.0 Å². The normalized spacial score (nSPS) is 15.2.